The Kier molecular flexibility index (Phi) is 4.65. The quantitative estimate of drug-likeness (QED) is 0.747. The van der Waals surface area contributed by atoms with Crippen LogP contribution in [0.3, 0.4) is 0 Å². The molecule has 25 heavy (non-hydrogen) atoms. The molecule has 3 heterocycles. The average molecular weight is 335 g/mol. The second-order valence-electron chi connectivity index (χ2n) is 6.79. The zero-order valence-corrected chi connectivity index (χ0v) is 14.7. The third kappa shape index (κ3) is 3.51. The zero-order valence-electron chi connectivity index (χ0n) is 14.7. The van der Waals surface area contributed by atoms with Crippen LogP contribution in [-0.2, 0) is 26.1 Å². The summed E-state index contributed by atoms with van der Waals surface area (Å²) in [7, 11) is 0. The largest absolute Gasteiger partial charge is 0.345 e. The number of hydrogen-bond acceptors (Lipinski definition) is 3. The molecule has 130 valence electrons. The number of H-pyrrole nitrogens is 1. The van der Waals surface area contributed by atoms with E-state index < -0.39 is 0 Å². The minimum absolute atomic E-state index is 0.352. The van der Waals surface area contributed by atoms with Gasteiger partial charge in [0.1, 0.15) is 11.6 Å². The number of fused-ring (bicyclic) bond motifs is 1. The molecule has 4 rings (SSSR count). The third-order valence-electron chi connectivity index (χ3n) is 4.96. The van der Waals surface area contributed by atoms with Gasteiger partial charge in [-0.15, -0.1) is 0 Å². The monoisotopic (exact) mass is 335 g/mol. The number of benzene rings is 1. The van der Waals surface area contributed by atoms with Crippen molar-refractivity contribution in [1.29, 1.82) is 0 Å². The van der Waals surface area contributed by atoms with Gasteiger partial charge in [-0.05, 0) is 12.0 Å². The molecule has 1 N–H and O–H groups in total. The summed E-state index contributed by atoms with van der Waals surface area (Å²) in [6.07, 6.45) is 9.39. The predicted molar refractivity (Wildman–Crippen MR) is 97.9 cm³/mol. The first kappa shape index (κ1) is 16.1. The highest BCUT2D eigenvalue weighted by molar-refractivity contribution is 5.21. The lowest BCUT2D eigenvalue weighted by Gasteiger charge is -2.36. The van der Waals surface area contributed by atoms with Gasteiger partial charge in [0.15, 0.2) is 0 Å². The summed E-state index contributed by atoms with van der Waals surface area (Å²) >= 11 is 0. The summed E-state index contributed by atoms with van der Waals surface area (Å²) in [6, 6.07) is 11.1. The Bertz CT molecular complexity index is 804. The van der Waals surface area contributed by atoms with Gasteiger partial charge in [-0.3, -0.25) is 4.90 Å². The summed E-state index contributed by atoms with van der Waals surface area (Å²) < 4.78 is 2.27. The molecular weight excluding hydrogens is 310 g/mol. The van der Waals surface area contributed by atoms with Crippen LogP contribution in [0.2, 0.25) is 0 Å². The highest BCUT2D eigenvalue weighted by atomic mass is 15.3. The summed E-state index contributed by atoms with van der Waals surface area (Å²) in [5.74, 6) is 2.24. The Hall–Kier alpha value is -2.40. The van der Waals surface area contributed by atoms with Crippen molar-refractivity contribution >= 4 is 0 Å². The summed E-state index contributed by atoms with van der Waals surface area (Å²) in [4.78, 5) is 15.1. The van der Waals surface area contributed by atoms with Gasteiger partial charge in [-0.1, -0.05) is 43.7 Å². The smallest absolute Gasteiger partial charge is 0.122 e. The van der Waals surface area contributed by atoms with E-state index in [2.05, 4.69) is 67.9 Å². The number of nitrogens with zero attached hydrogens (tertiary/aromatic N) is 4. The number of nitrogens with one attached hydrogen (secondary N) is 1. The van der Waals surface area contributed by atoms with Crippen molar-refractivity contribution in [2.45, 2.75) is 51.9 Å². The van der Waals surface area contributed by atoms with E-state index in [1.54, 1.807) is 0 Å². The van der Waals surface area contributed by atoms with Gasteiger partial charge in [-0.25, -0.2) is 9.97 Å². The number of hydrogen-bond donors (Lipinski definition) is 1. The van der Waals surface area contributed by atoms with Crippen LogP contribution < -0.4 is 0 Å². The maximum atomic E-state index is 4.55. The number of rotatable bonds is 6. The molecule has 0 saturated carbocycles. The van der Waals surface area contributed by atoms with Crippen LogP contribution in [0.4, 0.5) is 0 Å². The first-order valence-corrected chi connectivity index (χ1v) is 9.15. The number of aromatic nitrogens is 4. The van der Waals surface area contributed by atoms with E-state index >= 15 is 0 Å². The standard InChI is InChI=1S/C20H25N5/c1-2-3-9-19-22-12-17(23-19)13-25-15-20-21-10-11-24(20)14-18(25)16-7-5-4-6-8-16/h4-8,10-12,18H,2-3,9,13-15H2,1H3,(H,22,23)/t18-/m0/s1. The van der Waals surface area contributed by atoms with Crippen LogP contribution in [0.1, 0.15) is 48.7 Å². The lowest BCUT2D eigenvalue weighted by atomic mass is 10.0. The molecule has 0 spiro atoms. The summed E-state index contributed by atoms with van der Waals surface area (Å²) in [6.45, 7) is 4.88. The minimum atomic E-state index is 0.352. The normalized spacial score (nSPS) is 17.6. The first-order valence-electron chi connectivity index (χ1n) is 9.15. The maximum absolute atomic E-state index is 4.55. The van der Waals surface area contributed by atoms with Crippen LogP contribution >= 0.6 is 0 Å². The molecule has 0 unspecified atom stereocenters. The van der Waals surface area contributed by atoms with Crippen LogP contribution in [0.25, 0.3) is 0 Å². The Morgan fingerprint density at radius 1 is 1.20 bits per heavy atom. The fourth-order valence-electron chi connectivity index (χ4n) is 3.59. The van der Waals surface area contributed by atoms with Crippen molar-refractivity contribution in [1.82, 2.24) is 24.4 Å². The molecule has 1 aliphatic rings. The fraction of sp³-hybridized carbons (Fsp3) is 0.400. The number of unbranched alkanes of at least 4 members (excludes halogenated alkanes) is 1. The van der Waals surface area contributed by atoms with E-state index in [9.17, 15) is 0 Å². The molecule has 0 radical (unpaired) electrons. The Morgan fingerprint density at radius 2 is 2.08 bits per heavy atom. The molecule has 0 amide bonds. The van der Waals surface area contributed by atoms with Gasteiger partial charge < -0.3 is 9.55 Å². The maximum Gasteiger partial charge on any atom is 0.122 e. The van der Waals surface area contributed by atoms with Crippen molar-refractivity contribution in [3.05, 3.63) is 71.8 Å². The Balaban J connectivity index is 1.56. The summed E-state index contributed by atoms with van der Waals surface area (Å²) in [5, 5.41) is 0. The van der Waals surface area contributed by atoms with Gasteiger partial charge in [0.2, 0.25) is 0 Å². The molecule has 3 aromatic rings. The van der Waals surface area contributed by atoms with Crippen LogP contribution in [-0.4, -0.2) is 24.4 Å². The number of imidazole rings is 2. The SMILES string of the molecule is CCCCc1ncc(CN2Cc3nccn3C[C@H]2c2ccccc2)[nH]1. The summed E-state index contributed by atoms with van der Waals surface area (Å²) in [5.41, 5.74) is 2.54. The molecule has 1 aliphatic heterocycles. The highest BCUT2D eigenvalue weighted by Gasteiger charge is 2.28. The van der Waals surface area contributed by atoms with Gasteiger partial charge >= 0.3 is 0 Å². The third-order valence-corrected chi connectivity index (χ3v) is 4.96. The van der Waals surface area contributed by atoms with Crippen molar-refractivity contribution in [2.75, 3.05) is 0 Å². The molecular formula is C20H25N5. The Labute approximate surface area is 148 Å². The topological polar surface area (TPSA) is 49.7 Å². The molecule has 5 nitrogen and oxygen atoms in total. The van der Waals surface area contributed by atoms with Crippen molar-refractivity contribution < 1.29 is 0 Å². The Morgan fingerprint density at radius 3 is 2.92 bits per heavy atom. The molecule has 0 fully saturated rings. The van der Waals surface area contributed by atoms with Crippen LogP contribution in [0.15, 0.2) is 48.9 Å². The van der Waals surface area contributed by atoms with Gasteiger partial charge in [-0.2, -0.15) is 0 Å². The second kappa shape index (κ2) is 7.23. The molecule has 2 aromatic heterocycles. The average Bonchev–Trinajstić information content (AvgIpc) is 3.29. The van der Waals surface area contributed by atoms with Crippen molar-refractivity contribution in [2.24, 2.45) is 0 Å². The van der Waals surface area contributed by atoms with E-state index in [0.29, 0.717) is 6.04 Å². The van der Waals surface area contributed by atoms with E-state index in [1.807, 2.05) is 12.4 Å². The second-order valence-corrected chi connectivity index (χ2v) is 6.79. The highest BCUT2D eigenvalue weighted by Crippen LogP contribution is 2.30. The molecule has 1 atom stereocenters. The van der Waals surface area contributed by atoms with Crippen LogP contribution in [0.5, 0.6) is 0 Å². The molecule has 0 bridgehead atoms. The molecule has 0 saturated heterocycles. The van der Waals surface area contributed by atoms with Gasteiger partial charge in [0.05, 0.1) is 12.6 Å². The minimum Gasteiger partial charge on any atom is -0.345 e. The predicted octanol–water partition coefficient (Wildman–Crippen LogP) is 3.71. The lowest BCUT2D eigenvalue weighted by molar-refractivity contribution is 0.127. The van der Waals surface area contributed by atoms with E-state index in [4.69, 9.17) is 0 Å². The van der Waals surface area contributed by atoms with Crippen LogP contribution in [0, 0.1) is 0 Å². The zero-order chi connectivity index (χ0) is 17.1. The van der Waals surface area contributed by atoms with E-state index in [-0.39, 0.29) is 0 Å². The van der Waals surface area contributed by atoms with E-state index in [0.717, 1.165) is 37.7 Å². The fourth-order valence-corrected chi connectivity index (χ4v) is 3.59. The van der Waals surface area contributed by atoms with Gasteiger partial charge in [0, 0.05) is 43.8 Å². The van der Waals surface area contributed by atoms with E-state index in [1.165, 1.54) is 24.1 Å². The van der Waals surface area contributed by atoms with Crippen molar-refractivity contribution in [3.8, 4) is 0 Å². The first-order chi connectivity index (χ1) is 12.3. The number of aromatic amines is 1. The van der Waals surface area contributed by atoms with Gasteiger partial charge in [0.25, 0.3) is 0 Å². The lowest BCUT2D eigenvalue weighted by Crippen LogP contribution is -2.36. The molecule has 0 aliphatic carbocycles. The number of aryl methyl sites for hydroxylation is 1. The molecule has 1 aromatic carbocycles. The van der Waals surface area contributed by atoms with Crippen molar-refractivity contribution in [3.63, 3.8) is 0 Å². The molecule has 5 heteroatoms.